The molecule has 5 heteroatoms. The zero-order valence-corrected chi connectivity index (χ0v) is 11.6. The normalized spacial score (nSPS) is 11.5. The van der Waals surface area contributed by atoms with Gasteiger partial charge in [-0.2, -0.15) is 0 Å². The van der Waals surface area contributed by atoms with E-state index in [1.165, 1.54) is 0 Å². The van der Waals surface area contributed by atoms with Crippen LogP contribution in [0, 0.1) is 0 Å². The Balaban J connectivity index is 1.86. The summed E-state index contributed by atoms with van der Waals surface area (Å²) >= 11 is 0. The highest BCUT2D eigenvalue weighted by molar-refractivity contribution is 5.81. The summed E-state index contributed by atoms with van der Waals surface area (Å²) < 4.78 is 3.95. The molecule has 4 rings (SSSR count). The molecule has 1 aromatic carbocycles. The molecule has 0 saturated heterocycles. The van der Waals surface area contributed by atoms with Gasteiger partial charge in [-0.05, 0) is 29.8 Å². The number of aryl methyl sites for hydroxylation is 1. The lowest BCUT2D eigenvalue weighted by molar-refractivity contribution is 0.282. The Kier molecular flexibility index (Phi) is 2.55. The Labute approximate surface area is 121 Å². The average Bonchev–Trinajstić information content (AvgIpc) is 3.10. The first-order valence-corrected chi connectivity index (χ1v) is 6.74. The van der Waals surface area contributed by atoms with Gasteiger partial charge in [0.15, 0.2) is 0 Å². The third kappa shape index (κ3) is 1.90. The number of imidazole rings is 2. The highest BCUT2D eigenvalue weighted by atomic mass is 16.3. The lowest BCUT2D eigenvalue weighted by Crippen LogP contribution is -1.87. The highest BCUT2D eigenvalue weighted by Crippen LogP contribution is 2.23. The lowest BCUT2D eigenvalue weighted by atomic mass is 10.1. The molecule has 0 spiro atoms. The zero-order valence-electron chi connectivity index (χ0n) is 11.6. The number of fused-ring (bicyclic) bond motifs is 2. The van der Waals surface area contributed by atoms with Crippen LogP contribution in [0.5, 0.6) is 0 Å². The molecule has 0 amide bonds. The summed E-state index contributed by atoms with van der Waals surface area (Å²) in [5, 5.41) is 9.19. The van der Waals surface area contributed by atoms with Crippen LogP contribution < -0.4 is 0 Å². The first-order chi connectivity index (χ1) is 10.2. The summed E-state index contributed by atoms with van der Waals surface area (Å²) in [6.45, 7) is 0.0264. The van der Waals surface area contributed by atoms with Crippen molar-refractivity contribution in [3.8, 4) is 11.3 Å². The Morgan fingerprint density at radius 1 is 1.19 bits per heavy atom. The number of pyridine rings is 1. The van der Waals surface area contributed by atoms with Gasteiger partial charge in [-0.25, -0.2) is 9.97 Å². The molecule has 0 aliphatic rings. The maximum absolute atomic E-state index is 9.19. The van der Waals surface area contributed by atoms with E-state index in [0.29, 0.717) is 0 Å². The van der Waals surface area contributed by atoms with Gasteiger partial charge in [0.25, 0.3) is 0 Å². The van der Waals surface area contributed by atoms with Crippen LogP contribution in [0.15, 0.2) is 49.1 Å². The maximum atomic E-state index is 9.19. The van der Waals surface area contributed by atoms with Gasteiger partial charge in [0.2, 0.25) is 0 Å². The predicted octanol–water partition coefficient (Wildman–Crippen LogP) is 2.38. The minimum absolute atomic E-state index is 0.0264. The van der Waals surface area contributed by atoms with Crippen molar-refractivity contribution >= 4 is 16.7 Å². The van der Waals surface area contributed by atoms with Crippen molar-refractivity contribution in [2.75, 3.05) is 0 Å². The topological polar surface area (TPSA) is 55.4 Å². The van der Waals surface area contributed by atoms with Crippen molar-refractivity contribution in [2.24, 2.45) is 7.05 Å². The minimum atomic E-state index is 0.0264. The molecule has 1 N–H and O–H groups in total. The van der Waals surface area contributed by atoms with E-state index in [1.807, 2.05) is 52.9 Å². The molecule has 3 aromatic heterocycles. The van der Waals surface area contributed by atoms with Crippen LogP contribution in [0.1, 0.15) is 5.56 Å². The number of hydrogen-bond donors (Lipinski definition) is 1. The fourth-order valence-electron chi connectivity index (χ4n) is 2.56. The molecule has 3 heterocycles. The van der Waals surface area contributed by atoms with Crippen LogP contribution in [0.25, 0.3) is 27.9 Å². The van der Waals surface area contributed by atoms with Crippen LogP contribution in [-0.4, -0.2) is 24.0 Å². The van der Waals surface area contributed by atoms with Crippen molar-refractivity contribution in [3.05, 3.63) is 54.6 Å². The quantitative estimate of drug-likeness (QED) is 0.612. The van der Waals surface area contributed by atoms with Crippen LogP contribution in [0.2, 0.25) is 0 Å². The van der Waals surface area contributed by atoms with E-state index in [4.69, 9.17) is 0 Å². The third-order valence-corrected chi connectivity index (χ3v) is 3.73. The van der Waals surface area contributed by atoms with Crippen molar-refractivity contribution < 1.29 is 5.11 Å². The summed E-state index contributed by atoms with van der Waals surface area (Å²) in [6.07, 6.45) is 5.71. The van der Waals surface area contributed by atoms with Gasteiger partial charge < -0.3 is 14.1 Å². The van der Waals surface area contributed by atoms with Crippen LogP contribution in [0.4, 0.5) is 0 Å². The number of nitrogens with zero attached hydrogens (tertiary/aromatic N) is 4. The average molecular weight is 278 g/mol. The molecule has 0 bridgehead atoms. The van der Waals surface area contributed by atoms with E-state index in [-0.39, 0.29) is 6.61 Å². The number of benzene rings is 1. The molecule has 21 heavy (non-hydrogen) atoms. The van der Waals surface area contributed by atoms with Gasteiger partial charge >= 0.3 is 0 Å². The zero-order chi connectivity index (χ0) is 14.4. The first kappa shape index (κ1) is 12.1. The Bertz CT molecular complexity index is 951. The molecule has 0 atom stereocenters. The van der Waals surface area contributed by atoms with Crippen LogP contribution in [0.3, 0.4) is 0 Å². The molecule has 104 valence electrons. The minimum Gasteiger partial charge on any atom is -0.392 e. The summed E-state index contributed by atoms with van der Waals surface area (Å²) in [5.41, 5.74) is 5.69. The summed E-state index contributed by atoms with van der Waals surface area (Å²) in [4.78, 5) is 9.00. The number of aromatic nitrogens is 4. The fourth-order valence-corrected chi connectivity index (χ4v) is 2.56. The van der Waals surface area contributed by atoms with Crippen LogP contribution in [-0.2, 0) is 13.7 Å². The van der Waals surface area contributed by atoms with E-state index in [9.17, 15) is 5.11 Å². The van der Waals surface area contributed by atoms with Gasteiger partial charge in [-0.1, -0.05) is 6.07 Å². The summed E-state index contributed by atoms with van der Waals surface area (Å²) in [6, 6.07) is 9.94. The molecule has 0 unspecified atom stereocenters. The van der Waals surface area contributed by atoms with Crippen molar-refractivity contribution in [1.29, 1.82) is 0 Å². The maximum Gasteiger partial charge on any atom is 0.137 e. The number of aliphatic hydroxyl groups excluding tert-OH is 1. The van der Waals surface area contributed by atoms with Gasteiger partial charge in [-0.3, -0.25) is 0 Å². The summed E-state index contributed by atoms with van der Waals surface area (Å²) in [7, 11) is 1.98. The molecule has 4 aromatic rings. The number of hydrogen-bond acceptors (Lipinski definition) is 3. The van der Waals surface area contributed by atoms with Crippen molar-refractivity contribution in [2.45, 2.75) is 6.61 Å². The predicted molar refractivity (Wildman–Crippen MR) is 80.8 cm³/mol. The van der Waals surface area contributed by atoms with Crippen molar-refractivity contribution in [1.82, 2.24) is 18.9 Å². The molecule has 5 nitrogen and oxygen atoms in total. The molecular formula is C16H14N4O. The smallest absolute Gasteiger partial charge is 0.137 e. The fraction of sp³-hybridized carbons (Fsp3) is 0.125. The second kappa shape index (κ2) is 4.43. The first-order valence-electron chi connectivity index (χ1n) is 6.74. The molecule has 0 aliphatic heterocycles. The van der Waals surface area contributed by atoms with Crippen LogP contribution >= 0.6 is 0 Å². The Morgan fingerprint density at radius 3 is 2.95 bits per heavy atom. The Morgan fingerprint density at radius 2 is 2.10 bits per heavy atom. The molecule has 0 radical (unpaired) electrons. The van der Waals surface area contributed by atoms with E-state index in [0.717, 1.165) is 33.5 Å². The molecule has 0 fully saturated rings. The molecule has 0 aliphatic carbocycles. The largest absolute Gasteiger partial charge is 0.392 e. The standard InChI is InChI=1S/C16H14N4O/c1-19-10-17-13-7-12(2-3-15(13)19)14-8-20-5-4-11(9-21)6-16(20)18-14/h2-8,10,21H,9H2,1H3. The van der Waals surface area contributed by atoms with Gasteiger partial charge in [-0.15, -0.1) is 0 Å². The van der Waals surface area contributed by atoms with E-state index in [2.05, 4.69) is 22.1 Å². The number of aliphatic hydroxyl groups is 1. The highest BCUT2D eigenvalue weighted by Gasteiger charge is 2.07. The van der Waals surface area contributed by atoms with Gasteiger partial charge in [0, 0.05) is 25.0 Å². The second-order valence-corrected chi connectivity index (χ2v) is 5.14. The second-order valence-electron chi connectivity index (χ2n) is 5.14. The van der Waals surface area contributed by atoms with E-state index >= 15 is 0 Å². The molecule has 0 saturated carbocycles. The SMILES string of the molecule is Cn1cnc2cc(-c3cn4ccc(CO)cc4n3)ccc21. The summed E-state index contributed by atoms with van der Waals surface area (Å²) in [5.74, 6) is 0. The van der Waals surface area contributed by atoms with Gasteiger partial charge in [0.05, 0.1) is 29.7 Å². The lowest BCUT2D eigenvalue weighted by Gasteiger charge is -1.97. The Hall–Kier alpha value is -2.66. The monoisotopic (exact) mass is 278 g/mol. The third-order valence-electron chi connectivity index (χ3n) is 3.73. The van der Waals surface area contributed by atoms with E-state index < -0.39 is 0 Å². The number of rotatable bonds is 2. The van der Waals surface area contributed by atoms with E-state index in [1.54, 1.807) is 0 Å². The van der Waals surface area contributed by atoms with Crippen molar-refractivity contribution in [3.63, 3.8) is 0 Å². The molecular weight excluding hydrogens is 264 g/mol. The van der Waals surface area contributed by atoms with Gasteiger partial charge in [0.1, 0.15) is 5.65 Å².